The Bertz CT molecular complexity index is 174. The maximum atomic E-state index is 2.32. The van der Waals surface area contributed by atoms with Gasteiger partial charge in [-0.15, -0.1) is 0 Å². The number of rotatable bonds is 18. The summed E-state index contributed by atoms with van der Waals surface area (Å²) in [4.78, 5) is 0. The van der Waals surface area contributed by atoms with Gasteiger partial charge >= 0.3 is 0 Å². The fraction of sp³-hybridized carbons (Fsp3) is 1.00. The zero-order valence-electron chi connectivity index (χ0n) is 20.0. The van der Waals surface area contributed by atoms with Crippen LogP contribution in [0.3, 0.4) is 0 Å². The largest absolute Gasteiger partial charge is 0.0652 e. The van der Waals surface area contributed by atoms with Crippen LogP contribution < -0.4 is 0 Å². The van der Waals surface area contributed by atoms with E-state index >= 15 is 0 Å². The van der Waals surface area contributed by atoms with Gasteiger partial charge in [0.15, 0.2) is 0 Å². The van der Waals surface area contributed by atoms with Gasteiger partial charge in [-0.3, -0.25) is 0 Å². The minimum Gasteiger partial charge on any atom is -0.0652 e. The van der Waals surface area contributed by atoms with Gasteiger partial charge in [-0.2, -0.15) is 0 Å². The molecule has 0 N–H and O–H groups in total. The molecule has 0 aliphatic rings. The van der Waals surface area contributed by atoms with Crippen molar-refractivity contribution in [1.29, 1.82) is 0 Å². The van der Waals surface area contributed by atoms with E-state index in [0.717, 1.165) is 0 Å². The van der Waals surface area contributed by atoms with Crippen LogP contribution in [0, 0.1) is 0 Å². The third-order valence-corrected chi connectivity index (χ3v) is 11.7. The van der Waals surface area contributed by atoms with Crippen molar-refractivity contribution in [3.8, 4) is 0 Å². The first-order valence-corrected chi connectivity index (χ1v) is 16.6. The van der Waals surface area contributed by atoms with Crippen LogP contribution in [-0.4, -0.2) is 37.0 Å². The van der Waals surface area contributed by atoms with Gasteiger partial charge < -0.3 is 0 Å². The molecule has 0 saturated carbocycles. The van der Waals surface area contributed by atoms with E-state index in [1.165, 1.54) is 77.0 Å². The van der Waals surface area contributed by atoms with E-state index < -0.39 is 0 Å². The Morgan fingerprint density at radius 2 is 0.481 bits per heavy atom. The molecule has 0 aromatic carbocycles. The minimum atomic E-state index is 0. The molecule has 0 radical (unpaired) electrons. The molecular formula is C24H56NiP2+2. The van der Waals surface area contributed by atoms with Crippen LogP contribution in [0.25, 0.3) is 0 Å². The van der Waals surface area contributed by atoms with Gasteiger partial charge in [-0.1, -0.05) is 80.1 Å². The van der Waals surface area contributed by atoms with Gasteiger partial charge in [0.2, 0.25) is 0 Å². The van der Waals surface area contributed by atoms with Crippen molar-refractivity contribution in [2.24, 2.45) is 0 Å². The van der Waals surface area contributed by atoms with Crippen molar-refractivity contribution in [3.63, 3.8) is 0 Å². The predicted octanol–water partition coefficient (Wildman–Crippen LogP) is 9.20. The summed E-state index contributed by atoms with van der Waals surface area (Å²) in [5.74, 6) is 0. The molecular weight excluding hydrogens is 409 g/mol. The number of unbranched alkanes of at least 4 members (excludes halogenated alkanes) is 6. The molecule has 0 aromatic heterocycles. The average Bonchev–Trinajstić information content (AvgIpc) is 2.67. The molecule has 0 amide bonds. The maximum Gasteiger partial charge on any atom is 0.0571 e. The minimum absolute atomic E-state index is 0. The molecule has 170 valence electrons. The summed E-state index contributed by atoms with van der Waals surface area (Å²) >= 11 is 0. The first kappa shape index (κ1) is 33.0. The molecule has 0 heterocycles. The maximum absolute atomic E-state index is 2.32. The fourth-order valence-electron chi connectivity index (χ4n) is 3.31. The van der Waals surface area contributed by atoms with E-state index in [9.17, 15) is 0 Å². The number of hydrogen-bond donors (Lipinski definition) is 0. The van der Waals surface area contributed by atoms with Crippen LogP contribution in [0.2, 0.25) is 0 Å². The van der Waals surface area contributed by atoms with Crippen molar-refractivity contribution in [2.45, 2.75) is 119 Å². The van der Waals surface area contributed by atoms with E-state index in [1.54, 1.807) is 37.0 Å². The monoisotopic (exact) mass is 464 g/mol. The zero-order valence-corrected chi connectivity index (χ0v) is 23.0. The third-order valence-electron chi connectivity index (χ3n) is 5.30. The second-order valence-electron chi connectivity index (χ2n) is 8.12. The van der Waals surface area contributed by atoms with Gasteiger partial charge in [0.05, 0.1) is 37.0 Å². The summed E-state index contributed by atoms with van der Waals surface area (Å²) < 4.78 is 0. The van der Waals surface area contributed by atoms with Crippen molar-refractivity contribution in [2.75, 3.05) is 37.0 Å². The topological polar surface area (TPSA) is 0 Å². The van der Waals surface area contributed by atoms with E-state index in [4.69, 9.17) is 0 Å². The van der Waals surface area contributed by atoms with E-state index in [0.29, 0.717) is 0 Å². The standard InChI is InChI=1S/2C12H27P.Ni/c2*1-4-7-10-13(11-8-5-2)12-9-6-3;/h2*4-12H2,1-3H3;/p+2. The fourth-order valence-corrected chi connectivity index (χ4v) is 9.93. The molecule has 0 bridgehead atoms. The van der Waals surface area contributed by atoms with E-state index in [-0.39, 0.29) is 32.3 Å². The Labute approximate surface area is 187 Å². The SMILES string of the molecule is CCCC[PH+](CCCC)CCCC.CCCC[PH+](CCCC)CCCC.[Ni]. The van der Waals surface area contributed by atoms with Crippen LogP contribution in [0.5, 0.6) is 0 Å². The Morgan fingerprint density at radius 1 is 0.333 bits per heavy atom. The molecule has 3 heteroatoms. The molecule has 0 atom stereocenters. The quantitative estimate of drug-likeness (QED) is 0.140. The van der Waals surface area contributed by atoms with Crippen LogP contribution >= 0.6 is 15.8 Å². The van der Waals surface area contributed by atoms with E-state index in [2.05, 4.69) is 41.5 Å². The van der Waals surface area contributed by atoms with Crippen LogP contribution in [0.1, 0.15) is 119 Å². The molecule has 27 heavy (non-hydrogen) atoms. The third kappa shape index (κ3) is 27.4. The van der Waals surface area contributed by atoms with Crippen LogP contribution in [0.4, 0.5) is 0 Å². The van der Waals surface area contributed by atoms with E-state index in [1.807, 2.05) is 0 Å². The smallest absolute Gasteiger partial charge is 0.0571 e. The van der Waals surface area contributed by atoms with Gasteiger partial charge in [-0.25, -0.2) is 0 Å². The Hall–Kier alpha value is 1.35. The Balaban J connectivity index is -0.000000411. The van der Waals surface area contributed by atoms with Crippen LogP contribution in [0.15, 0.2) is 0 Å². The van der Waals surface area contributed by atoms with Crippen molar-refractivity contribution >= 4 is 15.8 Å². The van der Waals surface area contributed by atoms with Gasteiger partial charge in [-0.05, 0) is 38.5 Å². The molecule has 0 rings (SSSR count). The molecule has 0 aliphatic carbocycles. The van der Waals surface area contributed by atoms with Gasteiger partial charge in [0, 0.05) is 32.3 Å². The molecule has 0 aromatic rings. The second-order valence-corrected chi connectivity index (χ2v) is 14.1. The summed E-state index contributed by atoms with van der Waals surface area (Å²) in [5.41, 5.74) is 0. The van der Waals surface area contributed by atoms with Gasteiger partial charge in [0.25, 0.3) is 0 Å². The molecule has 0 saturated heterocycles. The Morgan fingerprint density at radius 3 is 0.593 bits per heavy atom. The summed E-state index contributed by atoms with van der Waals surface area (Å²) in [6.07, 6.45) is 26.8. The molecule has 0 unspecified atom stereocenters. The molecule has 0 aliphatic heterocycles. The molecule has 0 spiro atoms. The normalized spacial score (nSPS) is 10.7. The second kappa shape index (κ2) is 29.6. The predicted molar refractivity (Wildman–Crippen MR) is 135 cm³/mol. The van der Waals surface area contributed by atoms with Crippen molar-refractivity contribution in [1.82, 2.24) is 0 Å². The summed E-state index contributed by atoms with van der Waals surface area (Å²) in [7, 11) is 0.135. The molecule has 0 fully saturated rings. The summed E-state index contributed by atoms with van der Waals surface area (Å²) in [6, 6.07) is 0. The molecule has 0 nitrogen and oxygen atoms in total. The first-order chi connectivity index (χ1) is 12.7. The zero-order chi connectivity index (χ0) is 19.9. The summed E-state index contributed by atoms with van der Waals surface area (Å²) in [6.45, 7) is 13.9. The summed E-state index contributed by atoms with van der Waals surface area (Å²) in [5, 5.41) is 0. The first-order valence-electron chi connectivity index (χ1n) is 12.4. The number of hydrogen-bond acceptors (Lipinski definition) is 0. The average molecular weight is 465 g/mol. The van der Waals surface area contributed by atoms with Crippen molar-refractivity contribution < 1.29 is 16.5 Å². The van der Waals surface area contributed by atoms with Gasteiger partial charge in [0.1, 0.15) is 0 Å². The Kier molecular flexibility index (Phi) is 36.1. The van der Waals surface area contributed by atoms with Crippen molar-refractivity contribution in [3.05, 3.63) is 0 Å². The van der Waals surface area contributed by atoms with Crippen LogP contribution in [-0.2, 0) is 16.5 Å².